The second kappa shape index (κ2) is 4.94. The molecule has 0 unspecified atom stereocenters. The van der Waals surface area contributed by atoms with Gasteiger partial charge in [0.25, 0.3) is 0 Å². The number of benzene rings is 1. The topological polar surface area (TPSA) is 64.5 Å². The number of rotatable bonds is 3. The van der Waals surface area contributed by atoms with Gasteiger partial charge in [-0.05, 0) is 56.6 Å². The third-order valence-corrected chi connectivity index (χ3v) is 3.35. The highest BCUT2D eigenvalue weighted by Gasteiger charge is 2.28. The van der Waals surface area contributed by atoms with Crippen LogP contribution in [-0.4, -0.2) is 35.4 Å². The molecule has 1 heterocycles. The van der Waals surface area contributed by atoms with Crippen LogP contribution in [0.5, 0.6) is 5.75 Å². The maximum absolute atomic E-state index is 10.3. The number of hydrogen-bond acceptors (Lipinski definition) is 4. The van der Waals surface area contributed by atoms with Gasteiger partial charge in [-0.25, -0.2) is 0 Å². The fraction of sp³-hybridized carbons (Fsp3) is 0.538. The Kier molecular flexibility index (Phi) is 3.54. The van der Waals surface area contributed by atoms with Crippen LogP contribution in [0.1, 0.15) is 18.4 Å². The Labute approximate surface area is 102 Å². The van der Waals surface area contributed by atoms with Crippen molar-refractivity contribution in [2.75, 3.05) is 25.0 Å². The van der Waals surface area contributed by atoms with Crippen LogP contribution in [0.15, 0.2) is 18.2 Å². The molecular formula is C13H20N2O2. The first-order chi connectivity index (χ1) is 8.09. The van der Waals surface area contributed by atoms with Crippen molar-refractivity contribution in [2.24, 2.45) is 0 Å². The fourth-order valence-corrected chi connectivity index (χ4v) is 2.17. The number of phenols is 1. The Balaban J connectivity index is 1.97. The summed E-state index contributed by atoms with van der Waals surface area (Å²) < 4.78 is 0. The highest BCUT2D eigenvalue weighted by molar-refractivity contribution is 5.53. The van der Waals surface area contributed by atoms with Crippen LogP contribution in [0.3, 0.4) is 0 Å². The van der Waals surface area contributed by atoms with Gasteiger partial charge in [0, 0.05) is 12.2 Å². The number of aromatic hydroxyl groups is 1. The lowest BCUT2D eigenvalue weighted by molar-refractivity contribution is 0.0232. The van der Waals surface area contributed by atoms with Crippen LogP contribution in [-0.2, 0) is 0 Å². The summed E-state index contributed by atoms with van der Waals surface area (Å²) in [5.41, 5.74) is 1.34. The van der Waals surface area contributed by atoms with Gasteiger partial charge in [0.15, 0.2) is 0 Å². The number of anilines is 1. The van der Waals surface area contributed by atoms with Crippen molar-refractivity contribution >= 4 is 5.69 Å². The number of aliphatic hydroxyl groups is 1. The predicted octanol–water partition coefficient (Wildman–Crippen LogP) is 1.23. The molecule has 0 aliphatic carbocycles. The molecule has 1 aromatic carbocycles. The molecule has 1 saturated heterocycles. The van der Waals surface area contributed by atoms with Crippen molar-refractivity contribution in [2.45, 2.75) is 25.4 Å². The standard InChI is InChI=1S/C13H20N2O2/c1-10-8-11(16)2-3-12(10)15-9-13(17)4-6-14-7-5-13/h2-3,8,14-17H,4-7,9H2,1H3. The Hall–Kier alpha value is -1.26. The molecule has 17 heavy (non-hydrogen) atoms. The van der Waals surface area contributed by atoms with Crippen LogP contribution >= 0.6 is 0 Å². The molecule has 4 nitrogen and oxygen atoms in total. The van der Waals surface area contributed by atoms with E-state index >= 15 is 0 Å². The maximum atomic E-state index is 10.3. The largest absolute Gasteiger partial charge is 0.508 e. The van der Waals surface area contributed by atoms with E-state index in [2.05, 4.69) is 10.6 Å². The summed E-state index contributed by atoms with van der Waals surface area (Å²) in [5.74, 6) is 0.272. The molecule has 1 aromatic rings. The molecule has 1 fully saturated rings. The SMILES string of the molecule is Cc1cc(O)ccc1NCC1(O)CCNCC1. The van der Waals surface area contributed by atoms with E-state index in [1.807, 2.05) is 13.0 Å². The summed E-state index contributed by atoms with van der Waals surface area (Å²) in [6, 6.07) is 5.21. The molecule has 0 atom stereocenters. The molecule has 0 saturated carbocycles. The van der Waals surface area contributed by atoms with E-state index < -0.39 is 5.60 Å². The summed E-state index contributed by atoms with van der Waals surface area (Å²) in [4.78, 5) is 0. The first-order valence-electron chi connectivity index (χ1n) is 6.06. The van der Waals surface area contributed by atoms with E-state index in [1.54, 1.807) is 12.1 Å². The minimum Gasteiger partial charge on any atom is -0.508 e. The molecule has 2 rings (SSSR count). The van der Waals surface area contributed by atoms with Crippen LogP contribution in [0.4, 0.5) is 5.69 Å². The average molecular weight is 236 g/mol. The normalized spacial score (nSPS) is 18.9. The molecular weight excluding hydrogens is 216 g/mol. The summed E-state index contributed by atoms with van der Waals surface area (Å²) in [7, 11) is 0. The van der Waals surface area contributed by atoms with Crippen LogP contribution < -0.4 is 10.6 Å². The molecule has 0 bridgehead atoms. The number of nitrogens with one attached hydrogen (secondary N) is 2. The van der Waals surface area contributed by atoms with Gasteiger partial charge in [0.1, 0.15) is 5.75 Å². The van der Waals surface area contributed by atoms with Gasteiger partial charge in [0.2, 0.25) is 0 Å². The molecule has 1 aliphatic rings. The zero-order valence-electron chi connectivity index (χ0n) is 10.2. The van der Waals surface area contributed by atoms with E-state index in [-0.39, 0.29) is 5.75 Å². The molecule has 0 aromatic heterocycles. The van der Waals surface area contributed by atoms with E-state index in [0.29, 0.717) is 6.54 Å². The summed E-state index contributed by atoms with van der Waals surface area (Å²) >= 11 is 0. The Morgan fingerprint density at radius 3 is 2.71 bits per heavy atom. The van der Waals surface area contributed by atoms with Gasteiger partial charge in [-0.15, -0.1) is 0 Å². The zero-order valence-corrected chi connectivity index (χ0v) is 10.2. The lowest BCUT2D eigenvalue weighted by Crippen LogP contribution is -2.46. The van der Waals surface area contributed by atoms with Crippen LogP contribution in [0.25, 0.3) is 0 Å². The quantitative estimate of drug-likeness (QED) is 0.596. The lowest BCUT2D eigenvalue weighted by Gasteiger charge is -2.33. The average Bonchev–Trinajstić information content (AvgIpc) is 2.29. The summed E-state index contributed by atoms with van der Waals surface area (Å²) in [5, 5.41) is 26.1. The number of aryl methyl sites for hydroxylation is 1. The molecule has 4 heteroatoms. The Bertz CT molecular complexity index is 387. The predicted molar refractivity (Wildman–Crippen MR) is 68.4 cm³/mol. The van der Waals surface area contributed by atoms with Gasteiger partial charge in [-0.1, -0.05) is 0 Å². The lowest BCUT2D eigenvalue weighted by atomic mass is 9.92. The van der Waals surface area contributed by atoms with E-state index in [4.69, 9.17) is 0 Å². The second-order valence-electron chi connectivity index (χ2n) is 4.83. The molecule has 0 radical (unpaired) electrons. The Morgan fingerprint density at radius 2 is 2.06 bits per heavy atom. The molecule has 0 spiro atoms. The molecule has 94 valence electrons. The minimum atomic E-state index is -0.615. The van der Waals surface area contributed by atoms with Gasteiger partial charge >= 0.3 is 0 Å². The Morgan fingerprint density at radius 1 is 1.35 bits per heavy atom. The highest BCUT2D eigenvalue weighted by Crippen LogP contribution is 2.23. The first kappa shape index (κ1) is 12.2. The fourth-order valence-electron chi connectivity index (χ4n) is 2.17. The summed E-state index contributed by atoms with van der Waals surface area (Å²) in [6.07, 6.45) is 1.55. The third kappa shape index (κ3) is 3.11. The molecule has 4 N–H and O–H groups in total. The van der Waals surface area contributed by atoms with E-state index in [0.717, 1.165) is 37.2 Å². The highest BCUT2D eigenvalue weighted by atomic mass is 16.3. The van der Waals surface area contributed by atoms with Gasteiger partial charge in [-0.2, -0.15) is 0 Å². The van der Waals surface area contributed by atoms with Crippen molar-refractivity contribution in [3.8, 4) is 5.75 Å². The number of hydrogen-bond donors (Lipinski definition) is 4. The van der Waals surface area contributed by atoms with Crippen molar-refractivity contribution in [1.29, 1.82) is 0 Å². The van der Waals surface area contributed by atoms with E-state index in [1.165, 1.54) is 0 Å². The van der Waals surface area contributed by atoms with Crippen molar-refractivity contribution in [1.82, 2.24) is 5.32 Å². The number of phenolic OH excluding ortho intramolecular Hbond substituents is 1. The second-order valence-corrected chi connectivity index (χ2v) is 4.83. The smallest absolute Gasteiger partial charge is 0.115 e. The van der Waals surface area contributed by atoms with Crippen LogP contribution in [0, 0.1) is 6.92 Å². The first-order valence-corrected chi connectivity index (χ1v) is 6.06. The molecule has 1 aliphatic heterocycles. The monoisotopic (exact) mass is 236 g/mol. The molecule has 0 amide bonds. The van der Waals surface area contributed by atoms with E-state index in [9.17, 15) is 10.2 Å². The zero-order chi connectivity index (χ0) is 12.3. The third-order valence-electron chi connectivity index (χ3n) is 3.35. The van der Waals surface area contributed by atoms with Crippen molar-refractivity contribution in [3.05, 3.63) is 23.8 Å². The van der Waals surface area contributed by atoms with Crippen LogP contribution in [0.2, 0.25) is 0 Å². The van der Waals surface area contributed by atoms with Gasteiger partial charge < -0.3 is 20.8 Å². The minimum absolute atomic E-state index is 0.272. The van der Waals surface area contributed by atoms with Crippen molar-refractivity contribution < 1.29 is 10.2 Å². The summed E-state index contributed by atoms with van der Waals surface area (Å²) in [6.45, 7) is 4.23. The maximum Gasteiger partial charge on any atom is 0.115 e. The van der Waals surface area contributed by atoms with Crippen molar-refractivity contribution in [3.63, 3.8) is 0 Å². The van der Waals surface area contributed by atoms with Gasteiger partial charge in [0.05, 0.1) is 5.60 Å². The number of piperidine rings is 1. The van der Waals surface area contributed by atoms with Gasteiger partial charge in [-0.3, -0.25) is 0 Å².